The van der Waals surface area contributed by atoms with Gasteiger partial charge in [-0.3, -0.25) is 4.79 Å². The molecule has 94 valence electrons. The fourth-order valence-electron chi connectivity index (χ4n) is 1.19. The molecule has 0 radical (unpaired) electrons. The van der Waals surface area contributed by atoms with Gasteiger partial charge in [0.15, 0.2) is 0 Å². The minimum absolute atomic E-state index is 0.0285. The Labute approximate surface area is 114 Å². The number of hydrogen-bond donors (Lipinski definition) is 1. The Morgan fingerprint density at radius 2 is 2.18 bits per heavy atom. The molecule has 17 heavy (non-hydrogen) atoms. The van der Waals surface area contributed by atoms with Crippen molar-refractivity contribution in [2.24, 2.45) is 5.92 Å². The summed E-state index contributed by atoms with van der Waals surface area (Å²) in [4.78, 5) is 11.7. The number of hydrogen-bond acceptors (Lipinski definition) is 1. The molecule has 0 aromatic heterocycles. The number of halogens is 3. The van der Waals surface area contributed by atoms with E-state index in [1.807, 2.05) is 13.8 Å². The van der Waals surface area contributed by atoms with Crippen molar-refractivity contribution in [2.45, 2.75) is 19.2 Å². The average Bonchev–Trinajstić information content (AvgIpc) is 2.25. The van der Waals surface area contributed by atoms with Crippen LogP contribution in [0.2, 0.25) is 0 Å². The van der Waals surface area contributed by atoms with Crippen molar-refractivity contribution in [3.05, 3.63) is 34.1 Å². The predicted molar refractivity (Wildman–Crippen MR) is 70.9 cm³/mol. The molecule has 0 spiro atoms. The molecule has 0 aliphatic heterocycles. The molecular formula is C12H14BrClFNO. The van der Waals surface area contributed by atoms with Crippen molar-refractivity contribution in [2.75, 3.05) is 6.54 Å². The third kappa shape index (κ3) is 4.28. The molecule has 0 heterocycles. The normalized spacial score (nSPS) is 12.6. The fourth-order valence-corrected chi connectivity index (χ4v) is 1.61. The molecule has 1 atom stereocenters. The molecule has 1 aromatic rings. The van der Waals surface area contributed by atoms with E-state index in [-0.39, 0.29) is 16.9 Å². The van der Waals surface area contributed by atoms with Gasteiger partial charge in [0.25, 0.3) is 5.91 Å². The second-order valence-electron chi connectivity index (χ2n) is 4.09. The van der Waals surface area contributed by atoms with E-state index >= 15 is 0 Å². The Balaban J connectivity index is 2.64. The van der Waals surface area contributed by atoms with Gasteiger partial charge in [0.2, 0.25) is 0 Å². The second kappa shape index (κ2) is 6.36. The summed E-state index contributed by atoms with van der Waals surface area (Å²) in [6.07, 6.45) is 0. The Morgan fingerprint density at radius 1 is 1.53 bits per heavy atom. The lowest BCUT2D eigenvalue weighted by Gasteiger charge is -2.14. The molecule has 1 rings (SSSR count). The van der Waals surface area contributed by atoms with Crippen LogP contribution in [-0.2, 0) is 0 Å². The van der Waals surface area contributed by atoms with Gasteiger partial charge in [-0.1, -0.05) is 29.8 Å². The molecule has 1 unspecified atom stereocenters. The first-order valence-corrected chi connectivity index (χ1v) is 6.52. The van der Waals surface area contributed by atoms with Crippen molar-refractivity contribution in [1.82, 2.24) is 5.32 Å². The van der Waals surface area contributed by atoms with Gasteiger partial charge in [-0.05, 0) is 24.1 Å². The third-order valence-electron chi connectivity index (χ3n) is 2.36. The van der Waals surface area contributed by atoms with Crippen LogP contribution in [0.1, 0.15) is 24.2 Å². The Morgan fingerprint density at radius 3 is 2.71 bits per heavy atom. The SMILES string of the molecule is CC(C)C(Cl)CNC(=O)c1ccc(Br)cc1F. The summed E-state index contributed by atoms with van der Waals surface area (Å²) in [5, 5.41) is 2.46. The molecule has 0 bridgehead atoms. The first-order valence-electron chi connectivity index (χ1n) is 5.29. The number of amides is 1. The maximum absolute atomic E-state index is 13.5. The quantitative estimate of drug-likeness (QED) is 0.844. The van der Waals surface area contributed by atoms with Crippen LogP contribution in [0.4, 0.5) is 4.39 Å². The minimum atomic E-state index is -0.549. The van der Waals surface area contributed by atoms with E-state index in [4.69, 9.17) is 11.6 Å². The fraction of sp³-hybridized carbons (Fsp3) is 0.417. The van der Waals surface area contributed by atoms with Crippen LogP contribution in [0.25, 0.3) is 0 Å². The van der Waals surface area contributed by atoms with E-state index in [0.29, 0.717) is 11.0 Å². The highest BCUT2D eigenvalue weighted by Gasteiger charge is 2.15. The Hall–Kier alpha value is -0.610. The van der Waals surface area contributed by atoms with E-state index in [9.17, 15) is 9.18 Å². The number of alkyl halides is 1. The standard InChI is InChI=1S/C12H14BrClFNO/c1-7(2)10(14)6-16-12(17)9-4-3-8(13)5-11(9)15/h3-5,7,10H,6H2,1-2H3,(H,16,17). The minimum Gasteiger partial charge on any atom is -0.350 e. The van der Waals surface area contributed by atoms with Crippen molar-refractivity contribution in [3.8, 4) is 0 Å². The van der Waals surface area contributed by atoms with Crippen LogP contribution >= 0.6 is 27.5 Å². The van der Waals surface area contributed by atoms with Crippen LogP contribution in [-0.4, -0.2) is 17.8 Å². The third-order valence-corrected chi connectivity index (χ3v) is 3.51. The highest BCUT2D eigenvalue weighted by atomic mass is 79.9. The van der Waals surface area contributed by atoms with Gasteiger partial charge in [-0.2, -0.15) is 0 Å². The van der Waals surface area contributed by atoms with Crippen LogP contribution in [0.3, 0.4) is 0 Å². The molecule has 0 fully saturated rings. The monoisotopic (exact) mass is 321 g/mol. The van der Waals surface area contributed by atoms with Gasteiger partial charge < -0.3 is 5.32 Å². The van der Waals surface area contributed by atoms with E-state index in [2.05, 4.69) is 21.2 Å². The van der Waals surface area contributed by atoms with E-state index in [0.717, 1.165) is 0 Å². The maximum atomic E-state index is 13.5. The van der Waals surface area contributed by atoms with Gasteiger partial charge >= 0.3 is 0 Å². The first-order chi connectivity index (χ1) is 7.91. The maximum Gasteiger partial charge on any atom is 0.254 e. The lowest BCUT2D eigenvalue weighted by atomic mass is 10.1. The zero-order chi connectivity index (χ0) is 13.0. The van der Waals surface area contributed by atoms with Gasteiger partial charge in [-0.25, -0.2) is 4.39 Å². The van der Waals surface area contributed by atoms with Gasteiger partial charge in [0.05, 0.1) is 10.9 Å². The summed E-state index contributed by atoms with van der Waals surface area (Å²) < 4.78 is 14.1. The first kappa shape index (κ1) is 14.5. The molecule has 0 saturated carbocycles. The highest BCUT2D eigenvalue weighted by molar-refractivity contribution is 9.10. The number of rotatable bonds is 4. The van der Waals surface area contributed by atoms with Crippen molar-refractivity contribution in [1.29, 1.82) is 0 Å². The molecule has 0 aliphatic carbocycles. The second-order valence-corrected chi connectivity index (χ2v) is 5.57. The molecule has 1 amide bonds. The Bertz CT molecular complexity index is 411. The number of carbonyl (C=O) groups excluding carboxylic acids is 1. The molecule has 1 N–H and O–H groups in total. The zero-order valence-electron chi connectivity index (χ0n) is 9.64. The van der Waals surface area contributed by atoms with E-state index in [1.165, 1.54) is 12.1 Å². The summed E-state index contributed by atoms with van der Waals surface area (Å²) in [5.74, 6) is -0.736. The van der Waals surface area contributed by atoms with Crippen LogP contribution < -0.4 is 5.32 Å². The smallest absolute Gasteiger partial charge is 0.254 e. The number of nitrogens with one attached hydrogen (secondary N) is 1. The van der Waals surface area contributed by atoms with Gasteiger partial charge in [0.1, 0.15) is 5.82 Å². The summed E-state index contributed by atoms with van der Waals surface area (Å²) in [6, 6.07) is 4.32. The van der Waals surface area contributed by atoms with E-state index < -0.39 is 11.7 Å². The molecule has 0 saturated heterocycles. The lowest BCUT2D eigenvalue weighted by molar-refractivity contribution is 0.0948. The zero-order valence-corrected chi connectivity index (χ0v) is 12.0. The van der Waals surface area contributed by atoms with Crippen molar-refractivity contribution >= 4 is 33.4 Å². The van der Waals surface area contributed by atoms with Crippen LogP contribution in [0, 0.1) is 11.7 Å². The van der Waals surface area contributed by atoms with Gasteiger partial charge in [0, 0.05) is 11.0 Å². The topological polar surface area (TPSA) is 29.1 Å². The summed E-state index contributed by atoms with van der Waals surface area (Å²) in [5.41, 5.74) is 0.0285. The average molecular weight is 323 g/mol. The molecular weight excluding hydrogens is 308 g/mol. The summed E-state index contributed by atoms with van der Waals surface area (Å²) in [6.45, 7) is 4.25. The van der Waals surface area contributed by atoms with E-state index in [1.54, 1.807) is 6.07 Å². The Kier molecular flexibility index (Phi) is 5.40. The van der Waals surface area contributed by atoms with Crippen LogP contribution in [0.15, 0.2) is 22.7 Å². The predicted octanol–water partition coefficient (Wildman–Crippen LogP) is 3.58. The van der Waals surface area contributed by atoms with Crippen molar-refractivity contribution < 1.29 is 9.18 Å². The van der Waals surface area contributed by atoms with Crippen LogP contribution in [0.5, 0.6) is 0 Å². The number of benzene rings is 1. The molecule has 0 aliphatic rings. The summed E-state index contributed by atoms with van der Waals surface area (Å²) >= 11 is 9.13. The van der Waals surface area contributed by atoms with Crippen molar-refractivity contribution in [3.63, 3.8) is 0 Å². The molecule has 1 aromatic carbocycles. The molecule has 2 nitrogen and oxygen atoms in total. The lowest BCUT2D eigenvalue weighted by Crippen LogP contribution is -2.32. The largest absolute Gasteiger partial charge is 0.350 e. The highest BCUT2D eigenvalue weighted by Crippen LogP contribution is 2.15. The number of carbonyl (C=O) groups is 1. The van der Waals surface area contributed by atoms with Gasteiger partial charge in [-0.15, -0.1) is 11.6 Å². The molecule has 5 heteroatoms. The summed E-state index contributed by atoms with van der Waals surface area (Å²) in [7, 11) is 0.